The molecule has 9 heteroatoms. The number of rotatable bonds is 4. The highest BCUT2D eigenvalue weighted by Crippen LogP contribution is 2.37. The normalized spacial score (nSPS) is 23.4. The number of piperazine rings is 1. The van der Waals surface area contributed by atoms with Crippen LogP contribution in [0.15, 0.2) is 30.5 Å². The van der Waals surface area contributed by atoms with Gasteiger partial charge in [-0.15, -0.1) is 11.3 Å². The Morgan fingerprint density at radius 1 is 1.09 bits per heavy atom. The highest BCUT2D eigenvalue weighted by Gasteiger charge is 2.32. The fourth-order valence-electron chi connectivity index (χ4n) is 5.71. The second-order valence-corrected chi connectivity index (χ2v) is 10.8. The van der Waals surface area contributed by atoms with Crippen LogP contribution in [-0.2, 0) is 11.3 Å². The largest absolute Gasteiger partial charge is 0.378 e. The number of hydrogen-bond donors (Lipinski definition) is 2. The molecule has 2 atom stereocenters. The lowest BCUT2D eigenvalue weighted by molar-refractivity contribution is 0.122. The van der Waals surface area contributed by atoms with E-state index in [1.54, 1.807) is 17.4 Å². The van der Waals surface area contributed by atoms with E-state index < -0.39 is 0 Å². The summed E-state index contributed by atoms with van der Waals surface area (Å²) in [5.74, 6) is 1.22. The Bertz CT molecular complexity index is 1350. The second kappa shape index (κ2) is 8.27. The van der Waals surface area contributed by atoms with Gasteiger partial charge in [-0.25, -0.2) is 14.4 Å². The van der Waals surface area contributed by atoms with Gasteiger partial charge in [0.2, 0.25) is 0 Å². The summed E-state index contributed by atoms with van der Waals surface area (Å²) in [7, 11) is 0. The van der Waals surface area contributed by atoms with Gasteiger partial charge in [-0.2, -0.15) is 0 Å². The number of anilines is 1. The van der Waals surface area contributed by atoms with Crippen molar-refractivity contribution in [3.05, 3.63) is 41.2 Å². The smallest absolute Gasteiger partial charge is 0.163 e. The average Bonchev–Trinajstić information content (AvgIpc) is 3.56. The van der Waals surface area contributed by atoms with Gasteiger partial charge in [0.05, 0.1) is 23.4 Å². The molecule has 7 nitrogen and oxygen atoms in total. The number of ether oxygens (including phenoxy) is 1. The first-order valence-corrected chi connectivity index (χ1v) is 12.9. The van der Waals surface area contributed by atoms with Crippen LogP contribution in [0.1, 0.15) is 17.7 Å². The molecule has 4 aromatic rings. The molecule has 0 amide bonds. The molecule has 3 aliphatic heterocycles. The lowest BCUT2D eigenvalue weighted by Crippen LogP contribution is -2.50. The van der Waals surface area contributed by atoms with Crippen LogP contribution in [0.2, 0.25) is 0 Å². The van der Waals surface area contributed by atoms with Crippen LogP contribution in [-0.4, -0.2) is 71.3 Å². The van der Waals surface area contributed by atoms with Crippen molar-refractivity contribution < 1.29 is 9.13 Å². The minimum atomic E-state index is -0.291. The van der Waals surface area contributed by atoms with E-state index >= 15 is 0 Å². The van der Waals surface area contributed by atoms with Crippen molar-refractivity contribution >= 4 is 38.3 Å². The summed E-state index contributed by atoms with van der Waals surface area (Å²) in [6, 6.07) is 8.49. The maximum absolute atomic E-state index is 14.5. The van der Waals surface area contributed by atoms with Gasteiger partial charge >= 0.3 is 0 Å². The lowest BCUT2D eigenvalue weighted by atomic mass is 10.1. The fourth-order valence-corrected chi connectivity index (χ4v) is 6.86. The lowest BCUT2D eigenvalue weighted by Gasteiger charge is -2.32. The number of benzene rings is 1. The summed E-state index contributed by atoms with van der Waals surface area (Å²) < 4.78 is 21.2. The first-order valence-electron chi connectivity index (χ1n) is 12.1. The van der Waals surface area contributed by atoms with E-state index in [2.05, 4.69) is 26.2 Å². The number of thiophene rings is 1. The third kappa shape index (κ3) is 3.67. The van der Waals surface area contributed by atoms with Crippen LogP contribution < -0.4 is 10.2 Å². The van der Waals surface area contributed by atoms with E-state index in [1.165, 1.54) is 23.8 Å². The van der Waals surface area contributed by atoms with Crippen molar-refractivity contribution in [2.75, 3.05) is 44.3 Å². The van der Waals surface area contributed by atoms with Crippen LogP contribution in [0, 0.1) is 5.82 Å². The third-order valence-electron chi connectivity index (χ3n) is 7.26. The minimum Gasteiger partial charge on any atom is -0.378 e. The van der Waals surface area contributed by atoms with Gasteiger partial charge in [-0.3, -0.25) is 4.90 Å². The number of nitrogens with one attached hydrogen (secondary N) is 2. The standard InChI is InChI=1S/C25H27FN6OS/c26-15-9-20(19-3-4-27-21(19)10-15)24-29-22-11-18(14-31-12-16-1-2-17(13-31)28-16)34-23(22)25(30-24)32-5-7-33-8-6-32/h3-4,9-11,16-17,27-28H,1-2,5-8,12-14H2. The molecule has 0 radical (unpaired) electrons. The molecule has 2 unspecified atom stereocenters. The van der Waals surface area contributed by atoms with E-state index in [4.69, 9.17) is 14.7 Å². The first kappa shape index (κ1) is 20.8. The molecular formula is C25H27FN6OS. The van der Waals surface area contributed by atoms with Gasteiger partial charge in [0.15, 0.2) is 11.6 Å². The Labute approximate surface area is 200 Å². The van der Waals surface area contributed by atoms with Gasteiger partial charge in [0.1, 0.15) is 5.82 Å². The average molecular weight is 479 g/mol. The Morgan fingerprint density at radius 3 is 2.74 bits per heavy atom. The first-order chi connectivity index (χ1) is 16.7. The van der Waals surface area contributed by atoms with Crippen molar-refractivity contribution in [2.24, 2.45) is 0 Å². The molecule has 3 fully saturated rings. The quantitative estimate of drug-likeness (QED) is 0.466. The number of likely N-dealkylation sites (tertiary alicyclic amines) is 1. The predicted molar refractivity (Wildman–Crippen MR) is 133 cm³/mol. The van der Waals surface area contributed by atoms with Gasteiger partial charge in [-0.05, 0) is 37.1 Å². The summed E-state index contributed by atoms with van der Waals surface area (Å²) in [5.41, 5.74) is 2.42. The SMILES string of the molecule is Fc1cc(-c2nc(N3CCOCC3)c3sc(CN4CC5CCC(C4)N5)cc3n2)c2cc[nH]c2c1. The monoisotopic (exact) mass is 478 g/mol. The number of halogens is 1. The summed E-state index contributed by atoms with van der Waals surface area (Å²) in [6.07, 6.45) is 4.40. The molecule has 0 aliphatic carbocycles. The molecule has 0 saturated carbocycles. The van der Waals surface area contributed by atoms with E-state index in [-0.39, 0.29) is 5.82 Å². The maximum Gasteiger partial charge on any atom is 0.163 e. The Hall–Kier alpha value is -2.59. The molecule has 0 spiro atoms. The summed E-state index contributed by atoms with van der Waals surface area (Å²) in [5, 5.41) is 4.65. The molecule has 2 bridgehead atoms. The Balaban J connectivity index is 1.32. The maximum atomic E-state index is 14.5. The summed E-state index contributed by atoms with van der Waals surface area (Å²) in [4.78, 5) is 19.3. The Morgan fingerprint density at radius 2 is 1.91 bits per heavy atom. The third-order valence-corrected chi connectivity index (χ3v) is 8.37. The molecule has 34 heavy (non-hydrogen) atoms. The van der Waals surface area contributed by atoms with Crippen molar-refractivity contribution in [3.63, 3.8) is 0 Å². The van der Waals surface area contributed by atoms with Crippen molar-refractivity contribution in [1.29, 1.82) is 0 Å². The fraction of sp³-hybridized carbons (Fsp3) is 0.440. The van der Waals surface area contributed by atoms with E-state index in [9.17, 15) is 4.39 Å². The molecule has 2 N–H and O–H groups in total. The van der Waals surface area contributed by atoms with E-state index in [0.29, 0.717) is 31.1 Å². The number of fused-ring (bicyclic) bond motifs is 4. The minimum absolute atomic E-state index is 0.291. The number of hydrogen-bond acceptors (Lipinski definition) is 7. The van der Waals surface area contributed by atoms with Crippen molar-refractivity contribution in [1.82, 2.24) is 25.2 Å². The number of H-pyrrole nitrogens is 1. The molecule has 3 aliphatic rings. The van der Waals surface area contributed by atoms with Crippen LogP contribution in [0.25, 0.3) is 32.5 Å². The molecule has 6 heterocycles. The molecular weight excluding hydrogens is 451 g/mol. The van der Waals surface area contributed by atoms with Crippen molar-refractivity contribution in [3.8, 4) is 11.4 Å². The van der Waals surface area contributed by atoms with Gasteiger partial charge in [0.25, 0.3) is 0 Å². The predicted octanol–water partition coefficient (Wildman–Crippen LogP) is 3.75. The van der Waals surface area contributed by atoms with Crippen LogP contribution in [0.3, 0.4) is 0 Å². The van der Waals surface area contributed by atoms with Gasteiger partial charge in [-0.1, -0.05) is 0 Å². The van der Waals surface area contributed by atoms with Gasteiger partial charge < -0.3 is 19.9 Å². The van der Waals surface area contributed by atoms with Crippen molar-refractivity contribution in [2.45, 2.75) is 31.5 Å². The van der Waals surface area contributed by atoms with E-state index in [1.807, 2.05) is 12.3 Å². The summed E-state index contributed by atoms with van der Waals surface area (Å²) >= 11 is 1.80. The molecule has 3 saturated heterocycles. The van der Waals surface area contributed by atoms with Crippen LogP contribution >= 0.6 is 11.3 Å². The zero-order chi connectivity index (χ0) is 22.6. The number of aromatic nitrogens is 3. The molecule has 1 aromatic carbocycles. The zero-order valence-electron chi connectivity index (χ0n) is 18.9. The molecule has 3 aromatic heterocycles. The highest BCUT2D eigenvalue weighted by molar-refractivity contribution is 7.19. The second-order valence-electron chi connectivity index (χ2n) is 9.62. The number of aromatic amines is 1. The molecule has 7 rings (SSSR count). The van der Waals surface area contributed by atoms with E-state index in [0.717, 1.165) is 65.2 Å². The highest BCUT2D eigenvalue weighted by atomic mass is 32.1. The molecule has 176 valence electrons. The summed E-state index contributed by atoms with van der Waals surface area (Å²) in [6.45, 7) is 6.11. The number of nitrogens with zero attached hydrogens (tertiary/aromatic N) is 4. The number of morpholine rings is 1. The Kier molecular flexibility index (Phi) is 5.05. The van der Waals surface area contributed by atoms with Gasteiger partial charge in [0, 0.05) is 72.3 Å². The topological polar surface area (TPSA) is 69.3 Å². The van der Waals surface area contributed by atoms with Crippen LogP contribution in [0.5, 0.6) is 0 Å². The van der Waals surface area contributed by atoms with Crippen LogP contribution in [0.4, 0.5) is 10.2 Å². The zero-order valence-corrected chi connectivity index (χ0v) is 19.7.